The average Bonchev–Trinajstić information content (AvgIpc) is 2.65. The van der Waals surface area contributed by atoms with E-state index in [1.807, 2.05) is 30.3 Å². The number of benzene rings is 1. The summed E-state index contributed by atoms with van der Waals surface area (Å²) in [5.41, 5.74) is 1.86. The summed E-state index contributed by atoms with van der Waals surface area (Å²) in [7, 11) is -3.21. The number of piperazine rings is 1. The first-order valence-electron chi connectivity index (χ1n) is 9.05. The van der Waals surface area contributed by atoms with Crippen LogP contribution in [0.25, 0.3) is 0 Å². The van der Waals surface area contributed by atoms with Gasteiger partial charge >= 0.3 is 0 Å². The fraction of sp³-hybridized carbons (Fsp3) is 0.474. The van der Waals surface area contributed by atoms with E-state index in [1.165, 1.54) is 22.3 Å². The SMILES string of the molecule is CCCCc1ccc(NC(=O)/C(C#N)=C\N2CCN(S(C)(=O)=O)CC2)cc1. The van der Waals surface area contributed by atoms with Crippen LogP contribution >= 0.6 is 0 Å². The molecule has 1 aliphatic rings. The number of hydrogen-bond acceptors (Lipinski definition) is 5. The lowest BCUT2D eigenvalue weighted by atomic mass is 10.1. The summed E-state index contributed by atoms with van der Waals surface area (Å²) in [5, 5.41) is 12.1. The number of carbonyl (C=O) groups is 1. The van der Waals surface area contributed by atoms with Crippen LogP contribution < -0.4 is 5.32 Å². The van der Waals surface area contributed by atoms with Crippen molar-refractivity contribution in [2.75, 3.05) is 37.8 Å². The first-order chi connectivity index (χ1) is 12.8. The maximum atomic E-state index is 12.4. The average molecular weight is 391 g/mol. The molecule has 1 N–H and O–H groups in total. The Morgan fingerprint density at radius 3 is 2.37 bits per heavy atom. The monoisotopic (exact) mass is 390 g/mol. The van der Waals surface area contributed by atoms with Gasteiger partial charge in [0, 0.05) is 38.1 Å². The van der Waals surface area contributed by atoms with Crippen molar-refractivity contribution in [3.63, 3.8) is 0 Å². The summed E-state index contributed by atoms with van der Waals surface area (Å²) in [4.78, 5) is 14.2. The quantitative estimate of drug-likeness (QED) is 0.567. The molecule has 0 bridgehead atoms. The van der Waals surface area contributed by atoms with Crippen LogP contribution in [-0.2, 0) is 21.2 Å². The molecular weight excluding hydrogens is 364 g/mol. The molecule has 1 saturated heterocycles. The number of hydrogen-bond donors (Lipinski definition) is 1. The number of nitriles is 1. The van der Waals surface area contributed by atoms with Crippen molar-refractivity contribution >= 4 is 21.6 Å². The van der Waals surface area contributed by atoms with Gasteiger partial charge < -0.3 is 10.2 Å². The van der Waals surface area contributed by atoms with E-state index in [2.05, 4.69) is 12.2 Å². The third-order valence-electron chi connectivity index (χ3n) is 4.45. The van der Waals surface area contributed by atoms with Crippen molar-refractivity contribution in [2.24, 2.45) is 0 Å². The van der Waals surface area contributed by atoms with Gasteiger partial charge in [-0.3, -0.25) is 4.79 Å². The van der Waals surface area contributed by atoms with Gasteiger partial charge in [0.25, 0.3) is 5.91 Å². The molecule has 0 spiro atoms. The maximum Gasteiger partial charge on any atom is 0.267 e. The molecule has 1 amide bonds. The maximum absolute atomic E-state index is 12.4. The lowest BCUT2D eigenvalue weighted by Crippen LogP contribution is -2.46. The van der Waals surface area contributed by atoms with Crippen LogP contribution in [0.2, 0.25) is 0 Å². The normalized spacial score (nSPS) is 16.0. The highest BCUT2D eigenvalue weighted by Gasteiger charge is 2.23. The zero-order valence-corrected chi connectivity index (χ0v) is 16.6. The van der Waals surface area contributed by atoms with Crippen molar-refractivity contribution in [1.82, 2.24) is 9.21 Å². The predicted octanol–water partition coefficient (Wildman–Crippen LogP) is 1.95. The van der Waals surface area contributed by atoms with E-state index in [-0.39, 0.29) is 5.57 Å². The van der Waals surface area contributed by atoms with Gasteiger partial charge in [0.05, 0.1) is 6.26 Å². The highest BCUT2D eigenvalue weighted by molar-refractivity contribution is 7.88. The molecule has 8 heteroatoms. The first kappa shape index (κ1) is 20.9. The molecule has 1 fully saturated rings. The lowest BCUT2D eigenvalue weighted by Gasteiger charge is -2.32. The molecule has 0 aliphatic carbocycles. The minimum absolute atomic E-state index is 0.00198. The Morgan fingerprint density at radius 1 is 1.22 bits per heavy atom. The Balaban J connectivity index is 1.96. The summed E-state index contributed by atoms with van der Waals surface area (Å²) in [5.74, 6) is -0.468. The first-order valence-corrected chi connectivity index (χ1v) is 10.9. The second-order valence-electron chi connectivity index (χ2n) is 6.61. The minimum atomic E-state index is -3.21. The molecule has 1 heterocycles. The van der Waals surface area contributed by atoms with Crippen molar-refractivity contribution in [1.29, 1.82) is 5.26 Å². The number of sulfonamides is 1. The van der Waals surface area contributed by atoms with Crippen LogP contribution in [-0.4, -0.2) is 56.0 Å². The smallest absolute Gasteiger partial charge is 0.267 e. The number of anilines is 1. The van der Waals surface area contributed by atoms with E-state index in [0.29, 0.717) is 31.9 Å². The minimum Gasteiger partial charge on any atom is -0.373 e. The molecule has 146 valence electrons. The van der Waals surface area contributed by atoms with Gasteiger partial charge in [-0.05, 0) is 30.5 Å². The number of unbranched alkanes of at least 4 members (excludes halogenated alkanes) is 1. The van der Waals surface area contributed by atoms with E-state index in [4.69, 9.17) is 0 Å². The summed E-state index contributed by atoms with van der Waals surface area (Å²) < 4.78 is 24.5. The van der Waals surface area contributed by atoms with Gasteiger partial charge in [-0.1, -0.05) is 25.5 Å². The molecule has 0 radical (unpaired) electrons. The summed E-state index contributed by atoms with van der Waals surface area (Å²) >= 11 is 0. The molecule has 7 nitrogen and oxygen atoms in total. The second-order valence-corrected chi connectivity index (χ2v) is 8.59. The topological polar surface area (TPSA) is 93.5 Å². The molecule has 0 saturated carbocycles. The van der Waals surface area contributed by atoms with E-state index in [1.54, 1.807) is 4.90 Å². The highest BCUT2D eigenvalue weighted by atomic mass is 32.2. The van der Waals surface area contributed by atoms with Crippen molar-refractivity contribution in [3.8, 4) is 6.07 Å². The van der Waals surface area contributed by atoms with E-state index in [0.717, 1.165) is 19.3 Å². The number of aryl methyl sites for hydroxylation is 1. The molecule has 2 rings (SSSR count). The summed E-state index contributed by atoms with van der Waals surface area (Å²) in [6, 6.07) is 9.55. The molecule has 0 atom stereocenters. The Bertz CT molecular complexity index is 818. The zero-order chi connectivity index (χ0) is 19.9. The van der Waals surface area contributed by atoms with Crippen LogP contribution in [0.4, 0.5) is 5.69 Å². The number of nitrogens with one attached hydrogen (secondary N) is 1. The predicted molar refractivity (Wildman–Crippen MR) is 105 cm³/mol. The zero-order valence-electron chi connectivity index (χ0n) is 15.8. The van der Waals surface area contributed by atoms with Gasteiger partial charge in [0.1, 0.15) is 11.6 Å². The lowest BCUT2D eigenvalue weighted by molar-refractivity contribution is -0.112. The molecule has 1 aromatic rings. The highest BCUT2D eigenvalue weighted by Crippen LogP contribution is 2.14. The van der Waals surface area contributed by atoms with Gasteiger partial charge in [-0.15, -0.1) is 0 Å². The van der Waals surface area contributed by atoms with Gasteiger partial charge in [0.2, 0.25) is 10.0 Å². The van der Waals surface area contributed by atoms with Gasteiger partial charge in [-0.2, -0.15) is 9.57 Å². The number of rotatable bonds is 7. The number of amides is 1. The van der Waals surface area contributed by atoms with Crippen molar-refractivity contribution < 1.29 is 13.2 Å². The van der Waals surface area contributed by atoms with E-state index < -0.39 is 15.9 Å². The Hall–Kier alpha value is -2.37. The van der Waals surface area contributed by atoms with Crippen LogP contribution in [0.1, 0.15) is 25.3 Å². The number of carbonyl (C=O) groups excluding carboxylic acids is 1. The molecule has 0 unspecified atom stereocenters. The van der Waals surface area contributed by atoms with E-state index in [9.17, 15) is 18.5 Å². The largest absolute Gasteiger partial charge is 0.373 e. The molecule has 0 aromatic heterocycles. The fourth-order valence-corrected chi connectivity index (χ4v) is 3.65. The third kappa shape index (κ3) is 6.38. The van der Waals surface area contributed by atoms with Crippen molar-refractivity contribution in [3.05, 3.63) is 41.6 Å². The molecule has 1 aromatic carbocycles. The Labute approximate surface area is 161 Å². The number of nitrogens with zero attached hydrogens (tertiary/aromatic N) is 3. The van der Waals surface area contributed by atoms with Gasteiger partial charge in [-0.25, -0.2) is 8.42 Å². The molecule has 27 heavy (non-hydrogen) atoms. The molecular formula is C19H26N4O3S. The Morgan fingerprint density at radius 2 is 1.85 bits per heavy atom. The fourth-order valence-electron chi connectivity index (χ4n) is 2.82. The summed E-state index contributed by atoms with van der Waals surface area (Å²) in [6.07, 6.45) is 5.95. The second kappa shape index (κ2) is 9.53. The van der Waals surface area contributed by atoms with Crippen LogP contribution in [0.15, 0.2) is 36.0 Å². The van der Waals surface area contributed by atoms with E-state index >= 15 is 0 Å². The summed E-state index contributed by atoms with van der Waals surface area (Å²) in [6.45, 7) is 3.71. The standard InChI is InChI=1S/C19H26N4O3S/c1-3-4-5-16-6-8-18(9-7-16)21-19(24)17(14-20)15-22-10-12-23(13-11-22)27(2,25)26/h6-9,15H,3-5,10-13H2,1-2H3,(H,21,24)/b17-15-. The van der Waals surface area contributed by atoms with Gasteiger partial charge in [0.15, 0.2) is 0 Å². The van der Waals surface area contributed by atoms with Crippen molar-refractivity contribution in [2.45, 2.75) is 26.2 Å². The van der Waals surface area contributed by atoms with Crippen LogP contribution in [0.3, 0.4) is 0 Å². The molecule has 1 aliphatic heterocycles. The Kier molecular flexibility index (Phi) is 7.39. The van der Waals surface area contributed by atoms with Crippen LogP contribution in [0.5, 0.6) is 0 Å². The third-order valence-corrected chi connectivity index (χ3v) is 5.75. The van der Waals surface area contributed by atoms with Crippen LogP contribution in [0, 0.1) is 11.3 Å².